The molecule has 0 aliphatic heterocycles. The van der Waals surface area contributed by atoms with Gasteiger partial charge in [0.2, 0.25) is 5.91 Å². The molecule has 1 amide bonds. The number of hydrogen-bond acceptors (Lipinski definition) is 5. The van der Waals surface area contributed by atoms with Crippen molar-refractivity contribution in [2.45, 2.75) is 54.7 Å². The molecule has 2 heterocycles. The molecule has 0 spiro atoms. The smallest absolute Gasteiger partial charge is 0.222 e. The first kappa shape index (κ1) is 25.4. The van der Waals surface area contributed by atoms with Crippen LogP contribution in [0.25, 0.3) is 16.6 Å². The van der Waals surface area contributed by atoms with Crippen molar-refractivity contribution < 1.29 is 9.53 Å². The van der Waals surface area contributed by atoms with Crippen molar-refractivity contribution in [2.24, 2.45) is 10.9 Å². The Bertz CT molecular complexity index is 1260. The molecule has 34 heavy (non-hydrogen) atoms. The molecule has 0 fully saturated rings. The normalized spacial score (nSPS) is 11.3. The monoisotopic (exact) mass is 478 g/mol. The fraction of sp³-hybridized carbons (Fsp3) is 0.333. The SMILES string of the molecule is CC=NC(=C(C)C)c1cc(C)nc2c(OCc3c(Cl)cncc3CNC(=O)C(C)C)cccc12. The third-order valence-corrected chi connectivity index (χ3v) is 5.69. The van der Waals surface area contributed by atoms with Crippen LogP contribution in [0.3, 0.4) is 0 Å². The average Bonchev–Trinajstić information content (AvgIpc) is 2.79. The third kappa shape index (κ3) is 5.81. The lowest BCUT2D eigenvalue weighted by Crippen LogP contribution is -2.27. The van der Waals surface area contributed by atoms with Gasteiger partial charge in [-0.3, -0.25) is 14.8 Å². The highest BCUT2D eigenvalue weighted by atomic mass is 35.5. The number of aliphatic imine (C=N–C) groups is 1. The van der Waals surface area contributed by atoms with Gasteiger partial charge >= 0.3 is 0 Å². The number of benzene rings is 1. The summed E-state index contributed by atoms with van der Waals surface area (Å²) in [5, 5.41) is 4.38. The van der Waals surface area contributed by atoms with Crippen molar-refractivity contribution in [3.05, 3.63) is 69.6 Å². The highest BCUT2D eigenvalue weighted by molar-refractivity contribution is 6.31. The van der Waals surface area contributed by atoms with E-state index in [2.05, 4.69) is 35.2 Å². The van der Waals surface area contributed by atoms with Crippen LogP contribution in [0, 0.1) is 12.8 Å². The number of aromatic nitrogens is 2. The van der Waals surface area contributed by atoms with Crippen LogP contribution in [0.15, 0.2) is 47.2 Å². The van der Waals surface area contributed by atoms with E-state index in [-0.39, 0.29) is 18.4 Å². The summed E-state index contributed by atoms with van der Waals surface area (Å²) in [7, 11) is 0. The number of allylic oxidation sites excluding steroid dienone is 1. The van der Waals surface area contributed by atoms with Crippen LogP contribution in [-0.2, 0) is 17.9 Å². The van der Waals surface area contributed by atoms with E-state index < -0.39 is 0 Å². The molecule has 2 aromatic heterocycles. The fourth-order valence-corrected chi connectivity index (χ4v) is 3.84. The van der Waals surface area contributed by atoms with Gasteiger partial charge in [0, 0.05) is 53.3 Å². The Kier molecular flexibility index (Phi) is 8.40. The zero-order valence-electron chi connectivity index (χ0n) is 20.6. The molecule has 1 aromatic carbocycles. The number of nitrogens with one attached hydrogen (secondary N) is 1. The molecule has 0 atom stereocenters. The van der Waals surface area contributed by atoms with E-state index in [4.69, 9.17) is 21.3 Å². The Morgan fingerprint density at radius 1 is 1.26 bits per heavy atom. The van der Waals surface area contributed by atoms with Gasteiger partial charge in [-0.2, -0.15) is 0 Å². The van der Waals surface area contributed by atoms with E-state index in [1.54, 1.807) is 18.6 Å². The molecule has 0 unspecified atom stereocenters. The quantitative estimate of drug-likeness (QED) is 0.386. The largest absolute Gasteiger partial charge is 0.487 e. The molecule has 1 N–H and O–H groups in total. The lowest BCUT2D eigenvalue weighted by Gasteiger charge is -2.16. The van der Waals surface area contributed by atoms with E-state index in [0.717, 1.165) is 44.6 Å². The number of rotatable bonds is 8. The summed E-state index contributed by atoms with van der Waals surface area (Å²) in [6.45, 7) is 12.2. The van der Waals surface area contributed by atoms with E-state index in [1.165, 1.54) is 0 Å². The highest BCUT2D eigenvalue weighted by Crippen LogP contribution is 2.33. The summed E-state index contributed by atoms with van der Waals surface area (Å²) < 4.78 is 6.25. The van der Waals surface area contributed by atoms with Gasteiger partial charge in [-0.15, -0.1) is 0 Å². The van der Waals surface area contributed by atoms with Gasteiger partial charge in [-0.25, -0.2) is 4.98 Å². The molecule has 0 aliphatic rings. The summed E-state index contributed by atoms with van der Waals surface area (Å²) in [6, 6.07) is 7.94. The van der Waals surface area contributed by atoms with Crippen LogP contribution in [0.1, 0.15) is 57.0 Å². The van der Waals surface area contributed by atoms with Crippen molar-refractivity contribution in [3.63, 3.8) is 0 Å². The first-order valence-electron chi connectivity index (χ1n) is 11.3. The van der Waals surface area contributed by atoms with Gasteiger partial charge in [-0.05, 0) is 45.4 Å². The van der Waals surface area contributed by atoms with Crippen LogP contribution in [-0.4, -0.2) is 22.1 Å². The number of pyridine rings is 2. The molecule has 0 aliphatic carbocycles. The Morgan fingerprint density at radius 2 is 2.03 bits per heavy atom. The summed E-state index contributed by atoms with van der Waals surface area (Å²) >= 11 is 6.46. The first-order chi connectivity index (χ1) is 16.2. The standard InChI is InChI=1S/C27H31ClN4O2/c1-7-30-25(16(2)3)21-11-18(6)32-26-20(21)9-8-10-24(26)34-15-22-19(12-29-14-23(22)28)13-31-27(33)17(4)5/h7-12,14,17H,13,15H2,1-6H3,(H,31,33). The van der Waals surface area contributed by atoms with Crippen molar-refractivity contribution in [1.82, 2.24) is 15.3 Å². The number of halogens is 1. The molecule has 0 saturated heterocycles. The lowest BCUT2D eigenvalue weighted by atomic mass is 10.0. The number of nitrogens with zero attached hydrogens (tertiary/aromatic N) is 3. The van der Waals surface area contributed by atoms with Crippen LogP contribution in [0.4, 0.5) is 0 Å². The summed E-state index contributed by atoms with van der Waals surface area (Å²) in [5.41, 5.74) is 6.31. The minimum atomic E-state index is -0.103. The van der Waals surface area contributed by atoms with Crippen molar-refractivity contribution >= 4 is 40.3 Å². The molecule has 3 rings (SSSR count). The minimum Gasteiger partial charge on any atom is -0.487 e. The second kappa shape index (κ2) is 11.3. The van der Waals surface area contributed by atoms with E-state index in [1.807, 2.05) is 45.9 Å². The Morgan fingerprint density at radius 3 is 2.71 bits per heavy atom. The second-order valence-electron chi connectivity index (χ2n) is 8.62. The lowest BCUT2D eigenvalue weighted by molar-refractivity contribution is -0.124. The third-order valence-electron chi connectivity index (χ3n) is 5.36. The minimum absolute atomic E-state index is 0.0297. The molecule has 6 nitrogen and oxygen atoms in total. The summed E-state index contributed by atoms with van der Waals surface area (Å²) in [4.78, 5) is 25.6. The Balaban J connectivity index is 1.97. The molecule has 3 aromatic rings. The van der Waals surface area contributed by atoms with E-state index in [9.17, 15) is 4.79 Å². The number of aryl methyl sites for hydroxylation is 1. The van der Waals surface area contributed by atoms with Gasteiger partial charge in [0.1, 0.15) is 17.9 Å². The topological polar surface area (TPSA) is 76.5 Å². The average molecular weight is 479 g/mol. The zero-order chi connectivity index (χ0) is 24.8. The van der Waals surface area contributed by atoms with Gasteiger partial charge in [0.05, 0.1) is 10.7 Å². The number of para-hydroxylation sites is 1. The Hall–Kier alpha value is -3.25. The number of ether oxygens (including phenoxy) is 1. The number of carbonyl (C=O) groups excluding carboxylic acids is 1. The number of fused-ring (bicyclic) bond motifs is 1. The maximum Gasteiger partial charge on any atom is 0.222 e. The molecule has 7 heteroatoms. The second-order valence-corrected chi connectivity index (χ2v) is 9.03. The summed E-state index contributed by atoms with van der Waals surface area (Å²) in [5.74, 6) is 0.521. The maximum atomic E-state index is 12.0. The van der Waals surface area contributed by atoms with Crippen LogP contribution in [0.5, 0.6) is 5.75 Å². The molecule has 0 bridgehead atoms. The number of hydrogen-bond donors (Lipinski definition) is 1. The van der Waals surface area contributed by atoms with Gasteiger partial charge in [-0.1, -0.05) is 43.2 Å². The molecule has 178 valence electrons. The number of amides is 1. The van der Waals surface area contributed by atoms with Gasteiger partial charge in [0.25, 0.3) is 0 Å². The first-order valence-corrected chi connectivity index (χ1v) is 11.7. The fourth-order valence-electron chi connectivity index (χ4n) is 3.61. The van der Waals surface area contributed by atoms with Crippen LogP contribution >= 0.6 is 11.6 Å². The summed E-state index contributed by atoms with van der Waals surface area (Å²) in [6.07, 6.45) is 5.09. The molecule has 0 saturated carbocycles. The van der Waals surface area contributed by atoms with E-state index in [0.29, 0.717) is 17.3 Å². The van der Waals surface area contributed by atoms with Crippen LogP contribution < -0.4 is 10.1 Å². The van der Waals surface area contributed by atoms with Gasteiger partial charge < -0.3 is 10.1 Å². The van der Waals surface area contributed by atoms with Crippen LogP contribution in [0.2, 0.25) is 5.02 Å². The van der Waals surface area contributed by atoms with Gasteiger partial charge in [0.15, 0.2) is 0 Å². The molecular weight excluding hydrogens is 448 g/mol. The number of carbonyl (C=O) groups is 1. The Labute approximate surface area is 206 Å². The van der Waals surface area contributed by atoms with Crippen molar-refractivity contribution in [1.29, 1.82) is 0 Å². The predicted molar refractivity (Wildman–Crippen MR) is 139 cm³/mol. The highest BCUT2D eigenvalue weighted by Gasteiger charge is 2.15. The molecule has 0 radical (unpaired) electrons. The predicted octanol–water partition coefficient (Wildman–Crippen LogP) is 6.28. The van der Waals surface area contributed by atoms with E-state index >= 15 is 0 Å². The van der Waals surface area contributed by atoms with Crippen molar-refractivity contribution in [3.8, 4) is 5.75 Å². The maximum absolute atomic E-state index is 12.0. The zero-order valence-corrected chi connectivity index (χ0v) is 21.3. The molecular formula is C27H31ClN4O2. The van der Waals surface area contributed by atoms with Crippen molar-refractivity contribution in [2.75, 3.05) is 0 Å².